The number of carbonyl (C=O) groups is 2. The predicted octanol–water partition coefficient (Wildman–Crippen LogP) is 1.95. The van der Waals surface area contributed by atoms with Gasteiger partial charge in [0, 0.05) is 25.8 Å². The van der Waals surface area contributed by atoms with Gasteiger partial charge in [-0.25, -0.2) is 13.8 Å². The standard InChI is InChI=1S/C17H18F2N4O2/c1-2-20-16(24)11-6-7-14(23-10-11)21-8-9-22-17(25)15-12(18)4-3-5-13(15)19/h3-7,10H,2,8-9H2,1H3,(H,20,24)(H,21,23)(H,22,25). The summed E-state index contributed by atoms with van der Waals surface area (Å²) in [6.07, 6.45) is 1.43. The van der Waals surface area contributed by atoms with E-state index in [0.717, 1.165) is 12.1 Å². The number of benzene rings is 1. The summed E-state index contributed by atoms with van der Waals surface area (Å²) in [7, 11) is 0. The van der Waals surface area contributed by atoms with Crippen LogP contribution in [0.3, 0.4) is 0 Å². The number of rotatable bonds is 7. The van der Waals surface area contributed by atoms with Crippen molar-refractivity contribution in [1.29, 1.82) is 0 Å². The fraction of sp³-hybridized carbons (Fsp3) is 0.235. The van der Waals surface area contributed by atoms with Crippen molar-refractivity contribution in [2.45, 2.75) is 6.92 Å². The summed E-state index contributed by atoms with van der Waals surface area (Å²) in [4.78, 5) is 27.5. The minimum Gasteiger partial charge on any atom is -0.368 e. The molecule has 0 aliphatic heterocycles. The normalized spacial score (nSPS) is 10.2. The number of nitrogens with zero attached hydrogens (tertiary/aromatic N) is 1. The van der Waals surface area contributed by atoms with E-state index in [2.05, 4.69) is 20.9 Å². The fourth-order valence-corrected chi connectivity index (χ4v) is 2.07. The highest BCUT2D eigenvalue weighted by molar-refractivity contribution is 5.95. The van der Waals surface area contributed by atoms with E-state index >= 15 is 0 Å². The van der Waals surface area contributed by atoms with E-state index < -0.39 is 23.1 Å². The van der Waals surface area contributed by atoms with Crippen LogP contribution in [0.5, 0.6) is 0 Å². The molecule has 1 aromatic heterocycles. The Labute approximate surface area is 143 Å². The third-order valence-electron chi connectivity index (χ3n) is 3.27. The van der Waals surface area contributed by atoms with Crippen LogP contribution in [0.25, 0.3) is 0 Å². The lowest BCUT2D eigenvalue weighted by molar-refractivity contribution is 0.0941. The lowest BCUT2D eigenvalue weighted by atomic mass is 10.2. The summed E-state index contributed by atoms with van der Waals surface area (Å²) in [6.45, 7) is 2.80. The SMILES string of the molecule is CCNC(=O)c1ccc(NCCNC(=O)c2c(F)cccc2F)nc1. The third kappa shape index (κ3) is 4.97. The van der Waals surface area contributed by atoms with Crippen LogP contribution in [0, 0.1) is 11.6 Å². The number of hydrogen-bond donors (Lipinski definition) is 3. The monoisotopic (exact) mass is 348 g/mol. The van der Waals surface area contributed by atoms with Gasteiger partial charge in [-0.1, -0.05) is 6.07 Å². The summed E-state index contributed by atoms with van der Waals surface area (Å²) < 4.78 is 26.9. The Morgan fingerprint density at radius 3 is 2.32 bits per heavy atom. The molecule has 0 unspecified atom stereocenters. The van der Waals surface area contributed by atoms with Crippen LogP contribution >= 0.6 is 0 Å². The van der Waals surface area contributed by atoms with E-state index in [9.17, 15) is 18.4 Å². The molecular formula is C17H18F2N4O2. The van der Waals surface area contributed by atoms with Crippen LogP contribution in [-0.2, 0) is 0 Å². The molecule has 0 atom stereocenters. The first-order valence-corrected chi connectivity index (χ1v) is 7.73. The molecule has 0 saturated heterocycles. The van der Waals surface area contributed by atoms with Crippen molar-refractivity contribution in [2.24, 2.45) is 0 Å². The highest BCUT2D eigenvalue weighted by atomic mass is 19.1. The van der Waals surface area contributed by atoms with E-state index in [0.29, 0.717) is 24.5 Å². The molecule has 0 aliphatic rings. The molecule has 0 aliphatic carbocycles. The first kappa shape index (κ1) is 18.3. The maximum atomic E-state index is 13.5. The van der Waals surface area contributed by atoms with Crippen LogP contribution in [0.4, 0.5) is 14.6 Å². The Morgan fingerprint density at radius 1 is 1.00 bits per heavy atom. The average Bonchev–Trinajstić information content (AvgIpc) is 2.59. The molecule has 25 heavy (non-hydrogen) atoms. The van der Waals surface area contributed by atoms with Gasteiger partial charge >= 0.3 is 0 Å². The molecule has 132 valence electrons. The van der Waals surface area contributed by atoms with Crippen molar-refractivity contribution >= 4 is 17.6 Å². The minimum absolute atomic E-state index is 0.145. The van der Waals surface area contributed by atoms with Crippen LogP contribution in [0.1, 0.15) is 27.6 Å². The topological polar surface area (TPSA) is 83.1 Å². The van der Waals surface area contributed by atoms with Crippen molar-refractivity contribution in [1.82, 2.24) is 15.6 Å². The molecule has 0 saturated carbocycles. The Balaban J connectivity index is 1.81. The Hall–Kier alpha value is -3.03. The van der Waals surface area contributed by atoms with E-state index in [1.165, 1.54) is 12.3 Å². The first-order valence-electron chi connectivity index (χ1n) is 7.73. The zero-order valence-corrected chi connectivity index (χ0v) is 13.6. The van der Waals surface area contributed by atoms with Crippen molar-refractivity contribution in [3.8, 4) is 0 Å². The smallest absolute Gasteiger partial charge is 0.257 e. The number of amides is 2. The lowest BCUT2D eigenvalue weighted by Crippen LogP contribution is -2.30. The molecule has 0 spiro atoms. The summed E-state index contributed by atoms with van der Waals surface area (Å²) in [5.41, 5.74) is -0.164. The Bertz CT molecular complexity index is 731. The van der Waals surface area contributed by atoms with Crippen molar-refractivity contribution in [3.63, 3.8) is 0 Å². The van der Waals surface area contributed by atoms with Crippen LogP contribution in [0.15, 0.2) is 36.5 Å². The molecule has 3 N–H and O–H groups in total. The second kappa shape index (κ2) is 8.72. The number of anilines is 1. The van der Waals surface area contributed by atoms with Crippen molar-refractivity contribution in [3.05, 3.63) is 59.3 Å². The number of carbonyl (C=O) groups excluding carboxylic acids is 2. The molecule has 2 amide bonds. The van der Waals surface area contributed by atoms with Crippen molar-refractivity contribution < 1.29 is 18.4 Å². The maximum Gasteiger partial charge on any atom is 0.257 e. The average molecular weight is 348 g/mol. The highest BCUT2D eigenvalue weighted by Gasteiger charge is 2.16. The van der Waals surface area contributed by atoms with E-state index in [4.69, 9.17) is 0 Å². The number of nitrogens with one attached hydrogen (secondary N) is 3. The minimum atomic E-state index is -0.909. The number of aromatic nitrogens is 1. The van der Waals surface area contributed by atoms with Crippen LogP contribution in [-0.4, -0.2) is 36.4 Å². The van der Waals surface area contributed by atoms with E-state index in [1.54, 1.807) is 12.1 Å². The zero-order valence-electron chi connectivity index (χ0n) is 13.6. The van der Waals surface area contributed by atoms with E-state index in [1.807, 2.05) is 6.92 Å². The zero-order chi connectivity index (χ0) is 18.2. The second-order valence-corrected chi connectivity index (χ2v) is 5.07. The van der Waals surface area contributed by atoms with E-state index in [-0.39, 0.29) is 12.5 Å². The molecule has 2 rings (SSSR count). The number of halogens is 2. The van der Waals surface area contributed by atoms with Gasteiger partial charge in [0.1, 0.15) is 23.0 Å². The molecule has 0 fully saturated rings. The van der Waals surface area contributed by atoms with Gasteiger partial charge in [0.05, 0.1) is 5.56 Å². The highest BCUT2D eigenvalue weighted by Crippen LogP contribution is 2.11. The number of hydrogen-bond acceptors (Lipinski definition) is 4. The van der Waals surface area contributed by atoms with Gasteiger partial charge in [-0.2, -0.15) is 0 Å². The van der Waals surface area contributed by atoms with Gasteiger partial charge in [-0.05, 0) is 31.2 Å². The summed E-state index contributed by atoms with van der Waals surface area (Å²) >= 11 is 0. The Morgan fingerprint density at radius 2 is 1.72 bits per heavy atom. The summed E-state index contributed by atoms with van der Waals surface area (Å²) in [5, 5.41) is 8.02. The Kier molecular flexibility index (Phi) is 6.39. The van der Waals surface area contributed by atoms with Gasteiger partial charge in [0.25, 0.3) is 11.8 Å². The van der Waals surface area contributed by atoms with Gasteiger partial charge in [0.15, 0.2) is 0 Å². The van der Waals surface area contributed by atoms with Crippen LogP contribution in [0.2, 0.25) is 0 Å². The van der Waals surface area contributed by atoms with Crippen LogP contribution < -0.4 is 16.0 Å². The molecule has 8 heteroatoms. The fourth-order valence-electron chi connectivity index (χ4n) is 2.07. The second-order valence-electron chi connectivity index (χ2n) is 5.07. The molecule has 6 nitrogen and oxygen atoms in total. The molecule has 1 heterocycles. The largest absolute Gasteiger partial charge is 0.368 e. The molecular weight excluding hydrogens is 330 g/mol. The third-order valence-corrected chi connectivity index (χ3v) is 3.27. The van der Waals surface area contributed by atoms with Gasteiger partial charge in [-0.15, -0.1) is 0 Å². The molecule has 0 bridgehead atoms. The molecule has 2 aromatic rings. The number of pyridine rings is 1. The lowest BCUT2D eigenvalue weighted by Gasteiger charge is -2.09. The van der Waals surface area contributed by atoms with Gasteiger partial charge in [-0.3, -0.25) is 9.59 Å². The summed E-state index contributed by atoms with van der Waals surface area (Å²) in [5.74, 6) is -2.34. The summed E-state index contributed by atoms with van der Waals surface area (Å²) in [6, 6.07) is 6.49. The molecule has 0 radical (unpaired) electrons. The first-order chi connectivity index (χ1) is 12.0. The van der Waals surface area contributed by atoms with Gasteiger partial charge in [0.2, 0.25) is 0 Å². The quantitative estimate of drug-likeness (QED) is 0.668. The maximum absolute atomic E-state index is 13.5. The van der Waals surface area contributed by atoms with Crippen molar-refractivity contribution in [2.75, 3.05) is 25.0 Å². The molecule has 1 aromatic carbocycles. The predicted molar refractivity (Wildman–Crippen MR) is 89.4 cm³/mol. The van der Waals surface area contributed by atoms with Gasteiger partial charge < -0.3 is 16.0 Å².